The van der Waals surface area contributed by atoms with Gasteiger partial charge in [-0.1, -0.05) is 13.3 Å². The standard InChI is InChI=1S/C9H18ClN3O4/c1-2-3-8(15)7(6-14)11-9(16)13(12-17)5-4-10/h7-8,14-15H,2-6H2,1H3,(H,11,16). The monoisotopic (exact) mass is 267 g/mol. The molecule has 0 aromatic carbocycles. The Labute approximate surface area is 105 Å². The molecule has 3 N–H and O–H groups in total. The highest BCUT2D eigenvalue weighted by molar-refractivity contribution is 6.18. The summed E-state index contributed by atoms with van der Waals surface area (Å²) in [4.78, 5) is 21.8. The molecule has 0 rings (SSSR count). The van der Waals surface area contributed by atoms with Crippen LogP contribution in [-0.2, 0) is 0 Å². The Morgan fingerprint density at radius 2 is 2.24 bits per heavy atom. The summed E-state index contributed by atoms with van der Waals surface area (Å²) in [5.41, 5.74) is 0. The van der Waals surface area contributed by atoms with Crippen LogP contribution in [0.3, 0.4) is 0 Å². The highest BCUT2D eigenvalue weighted by Crippen LogP contribution is 2.03. The van der Waals surface area contributed by atoms with Crippen LogP contribution in [0.5, 0.6) is 0 Å². The van der Waals surface area contributed by atoms with E-state index in [1.807, 2.05) is 6.92 Å². The Hall–Kier alpha value is -0.920. The molecular formula is C9H18ClN3O4. The van der Waals surface area contributed by atoms with Crippen LogP contribution in [0, 0.1) is 4.91 Å². The predicted octanol–water partition coefficient (Wildman–Crippen LogP) is 0.440. The number of carbonyl (C=O) groups excluding carboxylic acids is 1. The smallest absolute Gasteiger partial charge is 0.340 e. The first-order chi connectivity index (χ1) is 8.10. The van der Waals surface area contributed by atoms with Crippen LogP contribution in [0.1, 0.15) is 19.8 Å². The summed E-state index contributed by atoms with van der Waals surface area (Å²) in [6, 6.07) is -1.60. The summed E-state index contributed by atoms with van der Waals surface area (Å²) in [6.45, 7) is 1.42. The lowest BCUT2D eigenvalue weighted by Crippen LogP contribution is -2.50. The average Bonchev–Trinajstić information content (AvgIpc) is 2.32. The number of hydrogen-bond donors (Lipinski definition) is 3. The molecule has 8 heteroatoms. The summed E-state index contributed by atoms with van der Waals surface area (Å²) in [6.07, 6.45) is 0.291. The van der Waals surface area contributed by atoms with Gasteiger partial charge in [0, 0.05) is 5.88 Å². The van der Waals surface area contributed by atoms with Gasteiger partial charge in [-0.15, -0.1) is 16.5 Å². The van der Waals surface area contributed by atoms with Crippen LogP contribution in [0.2, 0.25) is 0 Å². The van der Waals surface area contributed by atoms with E-state index in [2.05, 4.69) is 10.6 Å². The number of carbonyl (C=O) groups is 1. The van der Waals surface area contributed by atoms with Gasteiger partial charge in [-0.2, -0.15) is 5.01 Å². The molecule has 0 radical (unpaired) electrons. The van der Waals surface area contributed by atoms with Crippen molar-refractivity contribution < 1.29 is 15.0 Å². The topological polar surface area (TPSA) is 102 Å². The molecule has 0 aromatic heterocycles. The van der Waals surface area contributed by atoms with Gasteiger partial charge in [0.05, 0.1) is 30.6 Å². The number of alkyl halides is 1. The second kappa shape index (κ2) is 9.15. The molecule has 2 amide bonds. The summed E-state index contributed by atoms with van der Waals surface area (Å²) in [5, 5.41) is 24.1. The lowest BCUT2D eigenvalue weighted by molar-refractivity contribution is 0.0824. The zero-order valence-electron chi connectivity index (χ0n) is 9.67. The number of halogens is 1. The van der Waals surface area contributed by atoms with Crippen molar-refractivity contribution in [1.29, 1.82) is 0 Å². The number of nitrogens with one attached hydrogen (secondary N) is 1. The third kappa shape index (κ3) is 5.81. The van der Waals surface area contributed by atoms with Gasteiger partial charge in [0.2, 0.25) is 0 Å². The predicted molar refractivity (Wildman–Crippen MR) is 63.5 cm³/mol. The first-order valence-corrected chi connectivity index (χ1v) is 5.90. The minimum atomic E-state index is -0.863. The van der Waals surface area contributed by atoms with Crippen molar-refractivity contribution >= 4 is 17.6 Å². The van der Waals surface area contributed by atoms with Crippen molar-refractivity contribution in [3.8, 4) is 0 Å². The molecular weight excluding hydrogens is 250 g/mol. The lowest BCUT2D eigenvalue weighted by atomic mass is 10.1. The molecule has 0 aromatic rings. The average molecular weight is 268 g/mol. The van der Waals surface area contributed by atoms with Gasteiger partial charge in [0.15, 0.2) is 0 Å². The van der Waals surface area contributed by atoms with Gasteiger partial charge in [0.25, 0.3) is 0 Å². The minimum Gasteiger partial charge on any atom is -0.394 e. The van der Waals surface area contributed by atoms with Crippen molar-refractivity contribution in [2.24, 2.45) is 5.29 Å². The van der Waals surface area contributed by atoms with E-state index < -0.39 is 24.8 Å². The second-order valence-corrected chi connectivity index (χ2v) is 3.87. The first kappa shape index (κ1) is 16.1. The van der Waals surface area contributed by atoms with Gasteiger partial charge in [-0.25, -0.2) is 4.79 Å². The Kier molecular flexibility index (Phi) is 8.65. The molecule has 7 nitrogen and oxygen atoms in total. The summed E-state index contributed by atoms with van der Waals surface area (Å²) in [5.74, 6) is 0.0699. The van der Waals surface area contributed by atoms with E-state index in [-0.39, 0.29) is 12.4 Å². The van der Waals surface area contributed by atoms with Gasteiger partial charge in [0.1, 0.15) is 0 Å². The number of hydrogen-bond acceptors (Lipinski definition) is 5. The van der Waals surface area contributed by atoms with E-state index in [0.29, 0.717) is 17.9 Å². The Balaban J connectivity index is 4.34. The zero-order valence-corrected chi connectivity index (χ0v) is 10.4. The zero-order chi connectivity index (χ0) is 13.3. The summed E-state index contributed by atoms with van der Waals surface area (Å²) >= 11 is 5.38. The van der Waals surface area contributed by atoms with Crippen molar-refractivity contribution in [2.45, 2.75) is 31.9 Å². The molecule has 0 aliphatic rings. The molecule has 0 saturated heterocycles. The molecule has 2 atom stereocenters. The minimum absolute atomic E-state index is 0.0289. The maximum atomic E-state index is 11.5. The molecule has 2 unspecified atom stereocenters. The Morgan fingerprint density at radius 3 is 2.65 bits per heavy atom. The van der Waals surface area contributed by atoms with Gasteiger partial charge in [-0.05, 0) is 6.42 Å². The highest BCUT2D eigenvalue weighted by Gasteiger charge is 2.23. The van der Waals surface area contributed by atoms with E-state index in [4.69, 9.17) is 16.7 Å². The summed E-state index contributed by atoms with van der Waals surface area (Å²) in [7, 11) is 0. The fraction of sp³-hybridized carbons (Fsp3) is 0.889. The summed E-state index contributed by atoms with van der Waals surface area (Å²) < 4.78 is 0. The van der Waals surface area contributed by atoms with Crippen LogP contribution in [-0.4, -0.2) is 52.4 Å². The Morgan fingerprint density at radius 1 is 1.59 bits per heavy atom. The van der Waals surface area contributed by atoms with E-state index in [9.17, 15) is 14.8 Å². The van der Waals surface area contributed by atoms with Crippen LogP contribution in [0.25, 0.3) is 0 Å². The number of amides is 2. The fourth-order valence-corrected chi connectivity index (χ4v) is 1.41. The normalized spacial score (nSPS) is 13.9. The van der Waals surface area contributed by atoms with E-state index in [1.54, 1.807) is 0 Å². The highest BCUT2D eigenvalue weighted by atomic mass is 35.5. The van der Waals surface area contributed by atoms with Gasteiger partial charge in [-0.3, -0.25) is 0 Å². The van der Waals surface area contributed by atoms with E-state index in [1.165, 1.54) is 0 Å². The number of urea groups is 1. The molecule has 0 aliphatic heterocycles. The molecule has 0 aliphatic carbocycles. The number of aliphatic hydroxyl groups is 2. The number of rotatable bonds is 8. The molecule has 0 bridgehead atoms. The van der Waals surface area contributed by atoms with Crippen LogP contribution < -0.4 is 5.32 Å². The third-order valence-corrected chi connectivity index (χ3v) is 2.35. The van der Waals surface area contributed by atoms with E-state index in [0.717, 1.165) is 0 Å². The molecule has 0 fully saturated rings. The van der Waals surface area contributed by atoms with Crippen LogP contribution >= 0.6 is 11.6 Å². The molecule has 0 heterocycles. The van der Waals surface area contributed by atoms with Crippen molar-refractivity contribution in [3.63, 3.8) is 0 Å². The quantitative estimate of drug-likeness (QED) is 0.337. The second-order valence-electron chi connectivity index (χ2n) is 3.49. The molecule has 17 heavy (non-hydrogen) atoms. The molecule has 0 saturated carbocycles. The number of aliphatic hydroxyl groups excluding tert-OH is 2. The van der Waals surface area contributed by atoms with Gasteiger partial charge >= 0.3 is 6.03 Å². The van der Waals surface area contributed by atoms with Crippen molar-refractivity contribution in [3.05, 3.63) is 4.91 Å². The van der Waals surface area contributed by atoms with Crippen molar-refractivity contribution in [2.75, 3.05) is 19.0 Å². The van der Waals surface area contributed by atoms with Crippen LogP contribution in [0.15, 0.2) is 5.29 Å². The largest absolute Gasteiger partial charge is 0.394 e. The molecule has 0 spiro atoms. The fourth-order valence-electron chi connectivity index (χ4n) is 1.25. The third-order valence-electron chi connectivity index (χ3n) is 2.18. The van der Waals surface area contributed by atoms with Crippen molar-refractivity contribution in [1.82, 2.24) is 10.3 Å². The maximum Gasteiger partial charge on any atom is 0.340 e. The Bertz CT molecular complexity index is 242. The number of nitrogens with zero attached hydrogens (tertiary/aromatic N) is 2. The SMILES string of the molecule is CCCC(O)C(CO)NC(=O)N(CCCl)N=O. The first-order valence-electron chi connectivity index (χ1n) is 5.36. The van der Waals surface area contributed by atoms with E-state index >= 15 is 0 Å². The lowest BCUT2D eigenvalue weighted by Gasteiger charge is -2.23. The van der Waals surface area contributed by atoms with Gasteiger partial charge < -0.3 is 15.5 Å². The number of nitroso groups, excluding NO2 is 1. The molecule has 100 valence electrons. The van der Waals surface area contributed by atoms with Crippen LogP contribution in [0.4, 0.5) is 4.79 Å². The maximum absolute atomic E-state index is 11.5.